The molecule has 0 atom stereocenters. The van der Waals surface area contributed by atoms with Crippen LogP contribution in [0.4, 0.5) is 0 Å². The number of nitrogens with zero attached hydrogens (tertiary/aromatic N) is 1. The molecule has 2 nitrogen and oxygen atoms in total. The third-order valence-corrected chi connectivity index (χ3v) is 2.65. The van der Waals surface area contributed by atoms with Crippen molar-refractivity contribution in [2.75, 3.05) is 0 Å². The molecular formula is C11H13ClN2. The van der Waals surface area contributed by atoms with Gasteiger partial charge in [-0.2, -0.15) is 5.10 Å². The molecule has 2 rings (SSSR count). The van der Waals surface area contributed by atoms with Crippen molar-refractivity contribution in [3.8, 4) is 0 Å². The van der Waals surface area contributed by atoms with Gasteiger partial charge in [-0.1, -0.05) is 32.4 Å². The van der Waals surface area contributed by atoms with Crippen LogP contribution in [0.1, 0.15) is 26.3 Å². The first-order valence-electron chi connectivity index (χ1n) is 4.61. The van der Waals surface area contributed by atoms with E-state index in [2.05, 4.69) is 37.0 Å². The van der Waals surface area contributed by atoms with E-state index in [0.717, 1.165) is 21.5 Å². The Balaban J connectivity index is 2.71. The van der Waals surface area contributed by atoms with Crippen molar-refractivity contribution in [1.82, 2.24) is 10.2 Å². The molecule has 1 aromatic carbocycles. The van der Waals surface area contributed by atoms with Crippen LogP contribution < -0.4 is 0 Å². The van der Waals surface area contributed by atoms with Crippen molar-refractivity contribution in [3.05, 3.63) is 28.9 Å². The van der Waals surface area contributed by atoms with E-state index in [1.807, 2.05) is 12.3 Å². The molecule has 2 aromatic rings. The normalized spacial score (nSPS) is 12.3. The first kappa shape index (κ1) is 9.53. The van der Waals surface area contributed by atoms with E-state index in [0.29, 0.717) is 0 Å². The topological polar surface area (TPSA) is 28.7 Å². The van der Waals surface area contributed by atoms with Crippen molar-refractivity contribution in [2.24, 2.45) is 0 Å². The minimum Gasteiger partial charge on any atom is -0.278 e. The fraction of sp³-hybridized carbons (Fsp3) is 0.364. The summed E-state index contributed by atoms with van der Waals surface area (Å²) in [7, 11) is 0. The summed E-state index contributed by atoms with van der Waals surface area (Å²) >= 11 is 6.20. The van der Waals surface area contributed by atoms with E-state index >= 15 is 0 Å². The van der Waals surface area contributed by atoms with Gasteiger partial charge in [0.05, 0.1) is 11.7 Å². The number of halogens is 1. The lowest BCUT2D eigenvalue weighted by Gasteiger charge is -2.20. The number of H-pyrrole nitrogens is 1. The summed E-state index contributed by atoms with van der Waals surface area (Å²) in [6.07, 6.45) is 1.82. The van der Waals surface area contributed by atoms with E-state index < -0.39 is 0 Å². The number of hydrogen-bond acceptors (Lipinski definition) is 1. The standard InChI is InChI=1S/C11H13ClN2/c1-11(2,3)8-4-7-6-13-14-10(7)5-9(8)12/h4-6H,1-3H3,(H,13,14). The highest BCUT2D eigenvalue weighted by Crippen LogP contribution is 2.32. The van der Waals surface area contributed by atoms with Crippen LogP contribution in [0.5, 0.6) is 0 Å². The minimum atomic E-state index is 0.0720. The van der Waals surface area contributed by atoms with Crippen LogP contribution in [0.3, 0.4) is 0 Å². The number of hydrogen-bond donors (Lipinski definition) is 1. The molecule has 0 saturated heterocycles. The largest absolute Gasteiger partial charge is 0.278 e. The van der Waals surface area contributed by atoms with Gasteiger partial charge < -0.3 is 0 Å². The van der Waals surface area contributed by atoms with Crippen LogP contribution >= 0.6 is 11.6 Å². The molecule has 0 saturated carbocycles. The van der Waals surface area contributed by atoms with Crippen LogP contribution in [-0.4, -0.2) is 10.2 Å². The second-order valence-electron chi connectivity index (χ2n) is 4.54. The Morgan fingerprint density at radius 1 is 1.29 bits per heavy atom. The monoisotopic (exact) mass is 208 g/mol. The zero-order chi connectivity index (χ0) is 10.3. The van der Waals surface area contributed by atoms with Crippen molar-refractivity contribution in [1.29, 1.82) is 0 Å². The van der Waals surface area contributed by atoms with Gasteiger partial charge in [-0.3, -0.25) is 5.10 Å². The lowest BCUT2D eigenvalue weighted by atomic mass is 9.86. The maximum absolute atomic E-state index is 6.20. The summed E-state index contributed by atoms with van der Waals surface area (Å²) in [5.41, 5.74) is 2.22. The molecule has 0 fully saturated rings. The van der Waals surface area contributed by atoms with Gasteiger partial charge in [0.1, 0.15) is 0 Å². The maximum Gasteiger partial charge on any atom is 0.0665 e. The number of aromatic amines is 1. The lowest BCUT2D eigenvalue weighted by Crippen LogP contribution is -2.11. The van der Waals surface area contributed by atoms with E-state index in [1.165, 1.54) is 0 Å². The molecule has 1 N–H and O–H groups in total. The molecule has 0 spiro atoms. The van der Waals surface area contributed by atoms with Gasteiger partial charge in [-0.15, -0.1) is 0 Å². The average Bonchev–Trinajstić information content (AvgIpc) is 2.47. The van der Waals surface area contributed by atoms with Gasteiger partial charge in [0.2, 0.25) is 0 Å². The first-order valence-corrected chi connectivity index (χ1v) is 4.99. The predicted molar refractivity (Wildman–Crippen MR) is 59.8 cm³/mol. The third kappa shape index (κ3) is 1.50. The van der Waals surface area contributed by atoms with Crippen molar-refractivity contribution >= 4 is 22.5 Å². The zero-order valence-electron chi connectivity index (χ0n) is 8.56. The highest BCUT2D eigenvalue weighted by Gasteiger charge is 2.18. The van der Waals surface area contributed by atoms with Crippen molar-refractivity contribution in [2.45, 2.75) is 26.2 Å². The number of nitrogens with one attached hydrogen (secondary N) is 1. The molecule has 14 heavy (non-hydrogen) atoms. The van der Waals surface area contributed by atoms with Crippen LogP contribution in [0, 0.1) is 0 Å². The molecule has 3 heteroatoms. The van der Waals surface area contributed by atoms with Gasteiger partial charge in [-0.05, 0) is 23.1 Å². The summed E-state index contributed by atoms with van der Waals surface area (Å²) in [5, 5.41) is 8.80. The Hall–Kier alpha value is -1.02. The summed E-state index contributed by atoms with van der Waals surface area (Å²) in [6, 6.07) is 4.03. The fourth-order valence-corrected chi connectivity index (χ4v) is 1.99. The molecule has 0 bridgehead atoms. The highest BCUT2D eigenvalue weighted by atomic mass is 35.5. The number of benzene rings is 1. The Kier molecular flexibility index (Phi) is 2.04. The molecule has 74 valence electrons. The van der Waals surface area contributed by atoms with E-state index in [4.69, 9.17) is 11.6 Å². The fourth-order valence-electron chi connectivity index (χ4n) is 1.54. The highest BCUT2D eigenvalue weighted by molar-refractivity contribution is 6.32. The molecular weight excluding hydrogens is 196 g/mol. The van der Waals surface area contributed by atoms with Crippen molar-refractivity contribution < 1.29 is 0 Å². The quantitative estimate of drug-likeness (QED) is 0.705. The van der Waals surface area contributed by atoms with Crippen LogP contribution in [-0.2, 0) is 5.41 Å². The molecule has 0 radical (unpaired) electrons. The second-order valence-corrected chi connectivity index (χ2v) is 4.95. The van der Waals surface area contributed by atoms with Gasteiger partial charge >= 0.3 is 0 Å². The van der Waals surface area contributed by atoms with Crippen LogP contribution in [0.15, 0.2) is 18.3 Å². The second kappa shape index (κ2) is 2.99. The molecule has 0 amide bonds. The van der Waals surface area contributed by atoms with E-state index in [-0.39, 0.29) is 5.41 Å². The lowest BCUT2D eigenvalue weighted by molar-refractivity contribution is 0.591. The SMILES string of the molecule is CC(C)(C)c1cc2cn[nH]c2cc1Cl. The van der Waals surface area contributed by atoms with Gasteiger partial charge in [0.15, 0.2) is 0 Å². The summed E-state index contributed by atoms with van der Waals surface area (Å²) in [4.78, 5) is 0. The van der Waals surface area contributed by atoms with Gasteiger partial charge in [0, 0.05) is 10.4 Å². The smallest absolute Gasteiger partial charge is 0.0665 e. The average molecular weight is 209 g/mol. The predicted octanol–water partition coefficient (Wildman–Crippen LogP) is 3.51. The first-order chi connectivity index (χ1) is 6.48. The molecule has 0 aliphatic heterocycles. The van der Waals surface area contributed by atoms with Crippen LogP contribution in [0.25, 0.3) is 10.9 Å². The Labute approximate surface area is 88.3 Å². The molecule has 0 aliphatic carbocycles. The van der Waals surface area contributed by atoms with Gasteiger partial charge in [0.25, 0.3) is 0 Å². The summed E-state index contributed by atoms with van der Waals surface area (Å²) in [6.45, 7) is 6.46. The molecule has 0 unspecified atom stereocenters. The van der Waals surface area contributed by atoms with E-state index in [1.54, 1.807) is 0 Å². The maximum atomic E-state index is 6.20. The summed E-state index contributed by atoms with van der Waals surface area (Å²) in [5.74, 6) is 0. The van der Waals surface area contributed by atoms with Crippen LogP contribution in [0.2, 0.25) is 5.02 Å². The molecule has 1 heterocycles. The number of fused-ring (bicyclic) bond motifs is 1. The Morgan fingerprint density at radius 2 is 2.00 bits per heavy atom. The van der Waals surface area contributed by atoms with E-state index in [9.17, 15) is 0 Å². The Bertz CT molecular complexity index is 466. The third-order valence-electron chi connectivity index (χ3n) is 2.34. The van der Waals surface area contributed by atoms with Crippen molar-refractivity contribution in [3.63, 3.8) is 0 Å². The Morgan fingerprint density at radius 3 is 2.64 bits per heavy atom. The molecule has 0 aliphatic rings. The van der Waals surface area contributed by atoms with Gasteiger partial charge in [-0.25, -0.2) is 0 Å². The minimum absolute atomic E-state index is 0.0720. The summed E-state index contributed by atoms with van der Waals surface area (Å²) < 4.78 is 0. The number of rotatable bonds is 0. The zero-order valence-corrected chi connectivity index (χ0v) is 9.31. The molecule has 1 aromatic heterocycles. The number of aromatic nitrogens is 2.